The molecule has 26 heavy (non-hydrogen) atoms. The van der Waals surface area contributed by atoms with Gasteiger partial charge in [0.05, 0.1) is 11.6 Å². The van der Waals surface area contributed by atoms with Crippen LogP contribution >= 0.6 is 0 Å². The van der Waals surface area contributed by atoms with Gasteiger partial charge in [-0.3, -0.25) is 4.79 Å². The maximum absolute atomic E-state index is 11.4. The Kier molecular flexibility index (Phi) is 9.40. The van der Waals surface area contributed by atoms with Crippen molar-refractivity contribution in [2.75, 3.05) is 0 Å². The van der Waals surface area contributed by atoms with Gasteiger partial charge in [-0.1, -0.05) is 94.4 Å². The Morgan fingerprint density at radius 3 is 1.50 bits per heavy atom. The molecule has 3 aromatic carbocycles. The maximum atomic E-state index is 11.4. The lowest BCUT2D eigenvalue weighted by Crippen LogP contribution is -2.18. The second kappa shape index (κ2) is 11.6. The summed E-state index contributed by atoms with van der Waals surface area (Å²) in [5, 5.41) is 8.14. The maximum Gasteiger partial charge on any atom is 0.274 e. The van der Waals surface area contributed by atoms with E-state index in [-0.39, 0.29) is 5.56 Å². The number of aryl methyl sites for hydroxylation is 1. The van der Waals surface area contributed by atoms with Crippen LogP contribution < -0.4 is 5.56 Å². The molecule has 0 aliphatic rings. The van der Waals surface area contributed by atoms with Crippen molar-refractivity contribution in [2.24, 2.45) is 7.05 Å². The number of hydrogen-bond acceptors (Lipinski definition) is 2. The first kappa shape index (κ1) is 21.1. The number of nitrogens with zero attached hydrogens (tertiary/aromatic N) is 2. The van der Waals surface area contributed by atoms with Crippen molar-refractivity contribution in [3.63, 3.8) is 0 Å². The predicted molar refractivity (Wildman–Crippen MR) is 114 cm³/mol. The SMILES string of the molecule is CC.CC.Cn1ncc2ccccc2c1=O.c1ccc2ccccc2c1. The first-order valence-electron chi connectivity index (χ1n) is 9.10. The summed E-state index contributed by atoms with van der Waals surface area (Å²) in [6, 6.07) is 24.1. The van der Waals surface area contributed by atoms with Crippen LogP contribution in [0.5, 0.6) is 0 Å². The van der Waals surface area contributed by atoms with Crippen molar-refractivity contribution in [1.29, 1.82) is 0 Å². The minimum atomic E-state index is -0.0481. The van der Waals surface area contributed by atoms with Crippen LogP contribution in [-0.2, 0) is 7.05 Å². The first-order valence-corrected chi connectivity index (χ1v) is 9.10. The largest absolute Gasteiger partial charge is 0.274 e. The monoisotopic (exact) mass is 348 g/mol. The number of benzene rings is 3. The van der Waals surface area contributed by atoms with E-state index >= 15 is 0 Å². The highest BCUT2D eigenvalue weighted by atomic mass is 16.1. The summed E-state index contributed by atoms with van der Waals surface area (Å²) in [6.07, 6.45) is 1.69. The number of hydrogen-bond donors (Lipinski definition) is 0. The summed E-state index contributed by atoms with van der Waals surface area (Å²) >= 11 is 0. The zero-order chi connectivity index (χ0) is 19.4. The second-order valence-electron chi connectivity index (χ2n) is 5.01. The normalized spacial score (nSPS) is 9.12. The Balaban J connectivity index is 0.000000221. The highest BCUT2D eigenvalue weighted by Gasteiger charge is 1.97. The molecule has 4 rings (SSSR count). The molecule has 136 valence electrons. The van der Waals surface area contributed by atoms with E-state index in [1.807, 2.05) is 45.9 Å². The van der Waals surface area contributed by atoms with E-state index in [0.717, 1.165) is 10.8 Å². The molecule has 0 unspecified atom stereocenters. The van der Waals surface area contributed by atoms with Gasteiger partial charge in [-0.15, -0.1) is 0 Å². The van der Waals surface area contributed by atoms with Crippen molar-refractivity contribution in [2.45, 2.75) is 27.7 Å². The van der Waals surface area contributed by atoms with Crippen LogP contribution in [0.2, 0.25) is 0 Å². The molecule has 0 N–H and O–H groups in total. The van der Waals surface area contributed by atoms with Crippen LogP contribution in [0, 0.1) is 0 Å². The van der Waals surface area contributed by atoms with Gasteiger partial charge in [-0.05, 0) is 16.8 Å². The van der Waals surface area contributed by atoms with Gasteiger partial charge in [-0.2, -0.15) is 5.10 Å². The molecule has 1 aromatic heterocycles. The van der Waals surface area contributed by atoms with Crippen LogP contribution in [0.4, 0.5) is 0 Å². The molecular formula is C23H28N2O. The molecule has 0 bridgehead atoms. The third-order valence-corrected chi connectivity index (χ3v) is 3.51. The standard InChI is InChI=1S/C10H8.C9H8N2O.2C2H6/c1-2-6-10-8-4-3-7-9(10)5-1;1-11-9(12)8-5-3-2-4-7(8)6-10-11;2*1-2/h1-8H;2-6H,1H3;2*1-2H3. The quantitative estimate of drug-likeness (QED) is 0.401. The topological polar surface area (TPSA) is 34.9 Å². The molecule has 0 amide bonds. The van der Waals surface area contributed by atoms with E-state index in [9.17, 15) is 4.79 Å². The highest BCUT2D eigenvalue weighted by molar-refractivity contribution is 5.82. The minimum Gasteiger partial charge on any atom is -0.267 e. The van der Waals surface area contributed by atoms with Crippen LogP contribution in [0.15, 0.2) is 83.8 Å². The van der Waals surface area contributed by atoms with Gasteiger partial charge in [0.2, 0.25) is 0 Å². The predicted octanol–water partition coefficient (Wildman–Crippen LogP) is 5.83. The average Bonchev–Trinajstić information content (AvgIpc) is 2.74. The van der Waals surface area contributed by atoms with Gasteiger partial charge in [0.1, 0.15) is 0 Å². The summed E-state index contributed by atoms with van der Waals surface area (Å²) in [5.74, 6) is 0. The van der Waals surface area contributed by atoms with Gasteiger partial charge in [0.15, 0.2) is 0 Å². The van der Waals surface area contributed by atoms with Gasteiger partial charge < -0.3 is 0 Å². The molecule has 0 aliphatic heterocycles. The second-order valence-corrected chi connectivity index (χ2v) is 5.01. The summed E-state index contributed by atoms with van der Waals surface area (Å²) in [5.41, 5.74) is -0.0481. The molecule has 1 heterocycles. The molecule has 0 aliphatic carbocycles. The summed E-state index contributed by atoms with van der Waals surface area (Å²) in [7, 11) is 1.65. The number of fused-ring (bicyclic) bond motifs is 2. The Morgan fingerprint density at radius 1 is 0.654 bits per heavy atom. The highest BCUT2D eigenvalue weighted by Crippen LogP contribution is 2.11. The zero-order valence-corrected chi connectivity index (χ0v) is 16.3. The van der Waals surface area contributed by atoms with Crippen molar-refractivity contribution < 1.29 is 0 Å². The van der Waals surface area contributed by atoms with Gasteiger partial charge in [0, 0.05) is 12.4 Å². The smallest absolute Gasteiger partial charge is 0.267 e. The van der Waals surface area contributed by atoms with Crippen LogP contribution in [0.25, 0.3) is 21.5 Å². The van der Waals surface area contributed by atoms with Gasteiger partial charge >= 0.3 is 0 Å². The molecule has 0 radical (unpaired) electrons. The third kappa shape index (κ3) is 5.55. The van der Waals surface area contributed by atoms with Gasteiger partial charge in [-0.25, -0.2) is 4.68 Å². The molecule has 3 heteroatoms. The van der Waals surface area contributed by atoms with Crippen molar-refractivity contribution in [3.8, 4) is 0 Å². The number of rotatable bonds is 0. The van der Waals surface area contributed by atoms with E-state index in [4.69, 9.17) is 0 Å². The molecule has 0 atom stereocenters. The Morgan fingerprint density at radius 2 is 1.04 bits per heavy atom. The Hall–Kier alpha value is -2.94. The van der Waals surface area contributed by atoms with Crippen LogP contribution in [0.3, 0.4) is 0 Å². The van der Waals surface area contributed by atoms with Crippen molar-refractivity contribution >= 4 is 21.5 Å². The Labute approximate surface area is 155 Å². The summed E-state index contributed by atoms with van der Waals surface area (Å²) < 4.78 is 1.34. The lowest BCUT2D eigenvalue weighted by atomic mass is 10.1. The average molecular weight is 348 g/mol. The van der Waals surface area contributed by atoms with Crippen LogP contribution in [-0.4, -0.2) is 9.78 Å². The fourth-order valence-corrected chi connectivity index (χ4v) is 2.31. The summed E-state index contributed by atoms with van der Waals surface area (Å²) in [4.78, 5) is 11.4. The van der Waals surface area contributed by atoms with E-state index in [2.05, 4.69) is 53.6 Å². The molecule has 4 aromatic rings. The molecule has 3 nitrogen and oxygen atoms in total. The molecule has 0 spiro atoms. The van der Waals surface area contributed by atoms with Gasteiger partial charge in [0.25, 0.3) is 5.56 Å². The fraction of sp³-hybridized carbons (Fsp3) is 0.217. The molecule has 0 fully saturated rings. The third-order valence-electron chi connectivity index (χ3n) is 3.51. The molecular weight excluding hydrogens is 320 g/mol. The van der Waals surface area contributed by atoms with Crippen molar-refractivity contribution in [1.82, 2.24) is 9.78 Å². The fourth-order valence-electron chi connectivity index (χ4n) is 2.31. The molecule has 0 saturated carbocycles. The van der Waals surface area contributed by atoms with E-state index in [1.165, 1.54) is 15.5 Å². The minimum absolute atomic E-state index is 0.0481. The lowest BCUT2D eigenvalue weighted by Gasteiger charge is -1.97. The number of aromatic nitrogens is 2. The summed E-state index contributed by atoms with van der Waals surface area (Å²) in [6.45, 7) is 8.00. The van der Waals surface area contributed by atoms with Crippen LogP contribution in [0.1, 0.15) is 27.7 Å². The van der Waals surface area contributed by atoms with Crippen molar-refractivity contribution in [3.05, 3.63) is 89.3 Å². The molecule has 0 saturated heterocycles. The van der Waals surface area contributed by atoms with E-state index in [1.54, 1.807) is 19.3 Å². The first-order chi connectivity index (χ1) is 12.8. The zero-order valence-electron chi connectivity index (χ0n) is 16.3. The Bertz CT molecular complexity index is 909. The van der Waals surface area contributed by atoms with E-state index < -0.39 is 0 Å². The lowest BCUT2D eigenvalue weighted by molar-refractivity contribution is 0.718. The van der Waals surface area contributed by atoms with E-state index in [0.29, 0.717) is 0 Å².